The molecule has 0 spiro atoms. The van der Waals surface area contributed by atoms with Gasteiger partial charge in [0.15, 0.2) is 0 Å². The van der Waals surface area contributed by atoms with Crippen LogP contribution >= 0.6 is 11.3 Å². The highest BCUT2D eigenvalue weighted by atomic mass is 32.1. The molecule has 0 aromatic carbocycles. The Morgan fingerprint density at radius 2 is 2.20 bits per heavy atom. The second-order valence-electron chi connectivity index (χ2n) is 5.24. The molecule has 0 unspecified atom stereocenters. The van der Waals surface area contributed by atoms with Crippen LogP contribution in [0.15, 0.2) is 5.38 Å². The first-order valence-electron chi connectivity index (χ1n) is 6.62. The first-order valence-corrected chi connectivity index (χ1v) is 7.50. The van der Waals surface area contributed by atoms with Gasteiger partial charge in [0.2, 0.25) is 11.8 Å². The van der Waals surface area contributed by atoms with Crippen molar-refractivity contribution in [3.05, 3.63) is 16.1 Å². The van der Waals surface area contributed by atoms with E-state index in [1.54, 1.807) is 4.90 Å². The largest absolute Gasteiger partial charge is 0.369 e. The molecular weight excluding hydrogens is 276 g/mol. The van der Waals surface area contributed by atoms with Gasteiger partial charge in [-0.05, 0) is 14.0 Å². The molecule has 20 heavy (non-hydrogen) atoms. The summed E-state index contributed by atoms with van der Waals surface area (Å²) in [6.07, 6.45) is 0.291. The number of amides is 2. The highest BCUT2D eigenvalue weighted by Gasteiger charge is 2.27. The van der Waals surface area contributed by atoms with E-state index in [9.17, 15) is 9.59 Å². The Labute approximate surface area is 122 Å². The highest BCUT2D eigenvalue weighted by molar-refractivity contribution is 7.09. The van der Waals surface area contributed by atoms with Crippen LogP contribution in [-0.4, -0.2) is 59.8 Å². The molecule has 0 aliphatic carbocycles. The zero-order valence-corrected chi connectivity index (χ0v) is 12.7. The van der Waals surface area contributed by atoms with Crippen molar-refractivity contribution in [3.8, 4) is 0 Å². The number of rotatable bonds is 3. The summed E-state index contributed by atoms with van der Waals surface area (Å²) < 4.78 is 0. The molecule has 1 aromatic heterocycles. The lowest BCUT2D eigenvalue weighted by Gasteiger charge is -2.22. The number of likely N-dealkylation sites (N-methyl/N-ethyl adjacent to an activating group) is 1. The van der Waals surface area contributed by atoms with Crippen molar-refractivity contribution in [2.75, 3.05) is 33.2 Å². The molecule has 110 valence electrons. The van der Waals surface area contributed by atoms with Crippen molar-refractivity contribution in [1.82, 2.24) is 14.8 Å². The maximum atomic E-state index is 12.3. The Morgan fingerprint density at radius 1 is 1.45 bits per heavy atom. The molecule has 0 bridgehead atoms. The van der Waals surface area contributed by atoms with Crippen LogP contribution in [0, 0.1) is 12.8 Å². The van der Waals surface area contributed by atoms with Gasteiger partial charge in [-0.15, -0.1) is 11.3 Å². The van der Waals surface area contributed by atoms with Crippen LogP contribution in [0.25, 0.3) is 0 Å². The minimum absolute atomic E-state index is 0.0110. The molecule has 0 saturated carbocycles. The van der Waals surface area contributed by atoms with Gasteiger partial charge in [0, 0.05) is 31.6 Å². The van der Waals surface area contributed by atoms with E-state index in [1.807, 2.05) is 24.3 Å². The molecule has 6 nitrogen and oxygen atoms in total. The zero-order valence-electron chi connectivity index (χ0n) is 11.8. The van der Waals surface area contributed by atoms with Crippen molar-refractivity contribution in [2.24, 2.45) is 11.7 Å². The van der Waals surface area contributed by atoms with Crippen molar-refractivity contribution in [3.63, 3.8) is 0 Å². The number of thiazole rings is 1. The lowest BCUT2D eigenvalue weighted by atomic mass is 10.1. The smallest absolute Gasteiger partial charge is 0.228 e. The maximum absolute atomic E-state index is 12.3. The first kappa shape index (κ1) is 14.9. The number of nitrogens with zero attached hydrogens (tertiary/aromatic N) is 3. The summed E-state index contributed by atoms with van der Waals surface area (Å²) in [6, 6.07) is 0. The van der Waals surface area contributed by atoms with Crippen molar-refractivity contribution >= 4 is 23.2 Å². The molecule has 2 amide bonds. The molecule has 1 fully saturated rings. The minimum Gasteiger partial charge on any atom is -0.369 e. The van der Waals surface area contributed by atoms with E-state index in [2.05, 4.69) is 4.98 Å². The van der Waals surface area contributed by atoms with Gasteiger partial charge >= 0.3 is 0 Å². The van der Waals surface area contributed by atoms with Gasteiger partial charge in [0.1, 0.15) is 0 Å². The summed E-state index contributed by atoms with van der Waals surface area (Å²) in [5.74, 6) is -0.637. The van der Waals surface area contributed by atoms with Crippen LogP contribution in [0.2, 0.25) is 0 Å². The topological polar surface area (TPSA) is 79.5 Å². The van der Waals surface area contributed by atoms with Crippen LogP contribution in [0.5, 0.6) is 0 Å². The summed E-state index contributed by atoms with van der Waals surface area (Å²) in [7, 11) is 1.94. The van der Waals surface area contributed by atoms with Crippen molar-refractivity contribution in [1.29, 1.82) is 0 Å². The van der Waals surface area contributed by atoms with Crippen molar-refractivity contribution in [2.45, 2.75) is 13.3 Å². The van der Waals surface area contributed by atoms with E-state index < -0.39 is 0 Å². The number of carbonyl (C=O) groups is 2. The summed E-state index contributed by atoms with van der Waals surface area (Å²) in [5.41, 5.74) is 6.20. The number of carbonyl (C=O) groups excluding carboxylic acids is 2. The summed E-state index contributed by atoms with van der Waals surface area (Å²) in [6.45, 7) is 4.31. The van der Waals surface area contributed by atoms with Crippen molar-refractivity contribution < 1.29 is 9.59 Å². The van der Waals surface area contributed by atoms with Gasteiger partial charge in [0.05, 0.1) is 23.0 Å². The molecule has 2 N–H and O–H groups in total. The minimum atomic E-state index is -0.346. The van der Waals surface area contributed by atoms with Crippen LogP contribution in [-0.2, 0) is 16.0 Å². The van der Waals surface area contributed by atoms with E-state index >= 15 is 0 Å². The number of primary amides is 1. The van der Waals surface area contributed by atoms with E-state index in [4.69, 9.17) is 5.73 Å². The molecule has 2 rings (SSSR count). The fourth-order valence-corrected chi connectivity index (χ4v) is 2.95. The summed E-state index contributed by atoms with van der Waals surface area (Å²) in [5, 5.41) is 2.86. The monoisotopic (exact) mass is 296 g/mol. The average Bonchev–Trinajstić information content (AvgIpc) is 2.67. The third-order valence-corrected chi connectivity index (χ3v) is 4.30. The Bertz CT molecular complexity index is 502. The number of aromatic nitrogens is 1. The Balaban J connectivity index is 2.02. The fourth-order valence-electron chi connectivity index (χ4n) is 2.34. The van der Waals surface area contributed by atoms with Gasteiger partial charge in [-0.3, -0.25) is 9.59 Å². The van der Waals surface area contributed by atoms with Crippen LogP contribution in [0.1, 0.15) is 10.7 Å². The van der Waals surface area contributed by atoms with Crippen LogP contribution in [0.4, 0.5) is 0 Å². The standard InChI is InChI=1S/C13H20N4O2S/c1-9-15-11(8-20-9)5-12(18)17-4-3-16(2)6-10(7-17)13(14)19/h8,10H,3-7H2,1-2H3,(H2,14,19)/t10-/m1/s1. The SMILES string of the molecule is Cc1nc(CC(=O)N2CCN(C)C[C@@H](C(N)=O)C2)cs1. The van der Waals surface area contributed by atoms with Gasteiger partial charge in [-0.2, -0.15) is 0 Å². The van der Waals surface area contributed by atoms with E-state index in [1.165, 1.54) is 11.3 Å². The first-order chi connectivity index (χ1) is 9.45. The normalized spacial score (nSPS) is 20.7. The van der Waals surface area contributed by atoms with Gasteiger partial charge in [-0.25, -0.2) is 4.98 Å². The molecule has 1 aromatic rings. The number of aryl methyl sites for hydroxylation is 1. The summed E-state index contributed by atoms with van der Waals surface area (Å²) in [4.78, 5) is 31.8. The third-order valence-electron chi connectivity index (χ3n) is 3.48. The molecule has 0 radical (unpaired) electrons. The molecular formula is C13H20N4O2S. The van der Waals surface area contributed by atoms with Crippen LogP contribution in [0.3, 0.4) is 0 Å². The molecule has 1 aliphatic heterocycles. The lowest BCUT2D eigenvalue weighted by Crippen LogP contribution is -2.40. The molecule has 1 aliphatic rings. The lowest BCUT2D eigenvalue weighted by molar-refractivity contribution is -0.131. The molecule has 7 heteroatoms. The Morgan fingerprint density at radius 3 is 2.80 bits per heavy atom. The Kier molecular flexibility index (Phi) is 4.72. The van der Waals surface area contributed by atoms with Crippen LogP contribution < -0.4 is 5.73 Å². The van der Waals surface area contributed by atoms with Gasteiger partial charge in [-0.1, -0.05) is 0 Å². The van der Waals surface area contributed by atoms with Gasteiger partial charge in [0.25, 0.3) is 0 Å². The predicted molar refractivity (Wildman–Crippen MR) is 77.3 cm³/mol. The number of nitrogens with two attached hydrogens (primary N) is 1. The van der Waals surface area contributed by atoms with E-state index in [0.29, 0.717) is 26.1 Å². The third kappa shape index (κ3) is 3.77. The molecule has 2 heterocycles. The van der Waals surface area contributed by atoms with E-state index in [-0.39, 0.29) is 17.7 Å². The fraction of sp³-hybridized carbons (Fsp3) is 0.615. The second kappa shape index (κ2) is 6.32. The quantitative estimate of drug-likeness (QED) is 0.842. The Hall–Kier alpha value is -1.47. The molecule has 1 atom stereocenters. The maximum Gasteiger partial charge on any atom is 0.228 e. The second-order valence-corrected chi connectivity index (χ2v) is 6.30. The zero-order chi connectivity index (χ0) is 14.7. The van der Waals surface area contributed by atoms with E-state index in [0.717, 1.165) is 17.2 Å². The highest BCUT2D eigenvalue weighted by Crippen LogP contribution is 2.13. The molecule has 1 saturated heterocycles. The average molecular weight is 296 g/mol. The number of hydrogen-bond donors (Lipinski definition) is 1. The predicted octanol–water partition coefficient (Wildman–Crippen LogP) is -0.130. The number of hydrogen-bond acceptors (Lipinski definition) is 5. The van der Waals surface area contributed by atoms with Gasteiger partial charge < -0.3 is 15.5 Å². The summed E-state index contributed by atoms with van der Waals surface area (Å²) >= 11 is 1.54.